The van der Waals surface area contributed by atoms with Gasteiger partial charge >= 0.3 is 5.97 Å². The lowest BCUT2D eigenvalue weighted by molar-refractivity contribution is -0.132. The molecule has 13 heavy (non-hydrogen) atoms. The van der Waals surface area contributed by atoms with Crippen molar-refractivity contribution in [1.29, 1.82) is 0 Å². The van der Waals surface area contributed by atoms with Crippen LogP contribution in [0.15, 0.2) is 11.6 Å². The topological polar surface area (TPSA) is 40.5 Å². The summed E-state index contributed by atoms with van der Waals surface area (Å²) in [4.78, 5) is 12.1. The zero-order valence-electron chi connectivity index (χ0n) is 9.29. The van der Waals surface area contributed by atoms with E-state index in [4.69, 9.17) is 5.11 Å². The maximum atomic E-state index is 10.0. The number of hydrogen-bond donors (Lipinski definition) is 1. The smallest absolute Gasteiger partial charge is 0.330 e. The molecule has 0 aliphatic heterocycles. The van der Waals surface area contributed by atoms with E-state index in [1.165, 1.54) is 0 Å². The minimum Gasteiger partial charge on any atom is -0.478 e. The molecule has 0 aromatic heterocycles. The molecule has 0 aliphatic carbocycles. The summed E-state index contributed by atoms with van der Waals surface area (Å²) in [6.07, 6.45) is 2.47. The summed E-state index contributed by atoms with van der Waals surface area (Å²) in [5.41, 5.74) is 0.424. The maximum Gasteiger partial charge on any atom is 0.330 e. The van der Waals surface area contributed by atoms with Crippen molar-refractivity contribution in [2.75, 3.05) is 20.6 Å². The molecule has 0 rings (SSSR count). The fourth-order valence-corrected chi connectivity index (χ4v) is 0.393. The normalized spacial score (nSPS) is 10.8. The van der Waals surface area contributed by atoms with Crippen LogP contribution in [-0.2, 0) is 4.79 Å². The number of rotatable bonds is 3. The minimum atomic E-state index is -0.827. The van der Waals surface area contributed by atoms with Gasteiger partial charge in [-0.2, -0.15) is 0 Å². The number of carboxylic acids is 1. The summed E-state index contributed by atoms with van der Waals surface area (Å²) >= 11 is 0. The third kappa shape index (κ3) is 14.1. The minimum absolute atomic E-state index is 0.424. The molecule has 0 fully saturated rings. The lowest BCUT2D eigenvalue weighted by atomic mass is 10.2. The molecule has 0 heterocycles. The first-order valence-corrected chi connectivity index (χ1v) is 4.50. The van der Waals surface area contributed by atoms with Gasteiger partial charge in [0.1, 0.15) is 0 Å². The largest absolute Gasteiger partial charge is 0.478 e. The second kappa shape index (κ2) is 9.26. The number of nitrogens with zero attached hydrogens (tertiary/aromatic N) is 1. The van der Waals surface area contributed by atoms with Gasteiger partial charge in [0.15, 0.2) is 0 Å². The van der Waals surface area contributed by atoms with Gasteiger partial charge in [-0.3, -0.25) is 0 Å². The molecule has 1 N–H and O–H groups in total. The molecule has 0 saturated heterocycles. The molecule has 0 atom stereocenters. The Morgan fingerprint density at radius 1 is 1.38 bits per heavy atom. The Labute approximate surface area is 81.1 Å². The number of aliphatic carboxylic acids is 1. The van der Waals surface area contributed by atoms with E-state index in [9.17, 15) is 4.79 Å². The van der Waals surface area contributed by atoms with Crippen LogP contribution in [0.1, 0.15) is 27.2 Å². The Morgan fingerprint density at radius 3 is 1.85 bits per heavy atom. The Hall–Kier alpha value is -0.830. The first kappa shape index (κ1) is 14.7. The van der Waals surface area contributed by atoms with Gasteiger partial charge in [0, 0.05) is 5.57 Å². The molecule has 3 nitrogen and oxygen atoms in total. The molecule has 0 radical (unpaired) electrons. The second-order valence-electron chi connectivity index (χ2n) is 3.00. The standard InChI is InChI=1S/C6H10O2.C4H11N/c1-3-4-5(2)6(7)8;1-4-5(2)3/h4H,3H2,1-2H3,(H,7,8);4H2,1-3H3. The summed E-state index contributed by atoms with van der Waals surface area (Å²) < 4.78 is 0. The van der Waals surface area contributed by atoms with Crippen molar-refractivity contribution in [3.63, 3.8) is 0 Å². The maximum absolute atomic E-state index is 10.0. The van der Waals surface area contributed by atoms with E-state index < -0.39 is 5.97 Å². The van der Waals surface area contributed by atoms with E-state index in [0.717, 1.165) is 13.0 Å². The monoisotopic (exact) mass is 187 g/mol. The van der Waals surface area contributed by atoms with Gasteiger partial charge in [-0.1, -0.05) is 19.9 Å². The molecule has 0 amide bonds. The van der Waals surface area contributed by atoms with Crippen molar-refractivity contribution < 1.29 is 9.90 Å². The number of allylic oxidation sites excluding steroid dienone is 1. The fraction of sp³-hybridized carbons (Fsp3) is 0.700. The highest BCUT2D eigenvalue weighted by atomic mass is 16.4. The van der Waals surface area contributed by atoms with Crippen molar-refractivity contribution in [3.8, 4) is 0 Å². The van der Waals surface area contributed by atoms with E-state index >= 15 is 0 Å². The van der Waals surface area contributed by atoms with Crippen molar-refractivity contribution >= 4 is 5.97 Å². The summed E-state index contributed by atoms with van der Waals surface area (Å²) in [5.74, 6) is -0.827. The number of carbonyl (C=O) groups is 1. The predicted molar refractivity (Wildman–Crippen MR) is 55.9 cm³/mol. The van der Waals surface area contributed by atoms with Crippen LogP contribution in [-0.4, -0.2) is 36.6 Å². The van der Waals surface area contributed by atoms with Crippen molar-refractivity contribution in [1.82, 2.24) is 4.90 Å². The van der Waals surface area contributed by atoms with Crippen LogP contribution in [0.5, 0.6) is 0 Å². The number of hydrogen-bond acceptors (Lipinski definition) is 2. The highest BCUT2D eigenvalue weighted by Crippen LogP contribution is 1.92. The van der Waals surface area contributed by atoms with Gasteiger partial charge in [0.05, 0.1) is 0 Å². The Kier molecular flexibility index (Phi) is 10.5. The van der Waals surface area contributed by atoms with Gasteiger partial charge in [0.2, 0.25) is 0 Å². The molecule has 0 aromatic carbocycles. The first-order chi connectivity index (χ1) is 5.95. The van der Waals surface area contributed by atoms with E-state index in [-0.39, 0.29) is 0 Å². The number of carboxylic acid groups (broad SMARTS) is 1. The molecule has 0 saturated carbocycles. The van der Waals surface area contributed by atoms with Gasteiger partial charge in [-0.05, 0) is 34.0 Å². The molecule has 0 aliphatic rings. The summed E-state index contributed by atoms with van der Waals surface area (Å²) in [5, 5.41) is 8.24. The molecule has 0 unspecified atom stereocenters. The van der Waals surface area contributed by atoms with Crippen LogP contribution in [0.25, 0.3) is 0 Å². The van der Waals surface area contributed by atoms with Crippen LogP contribution in [0.3, 0.4) is 0 Å². The third-order valence-electron chi connectivity index (χ3n) is 1.48. The summed E-state index contributed by atoms with van der Waals surface area (Å²) in [6, 6.07) is 0. The summed E-state index contributed by atoms with van der Waals surface area (Å²) in [6.45, 7) is 6.76. The first-order valence-electron chi connectivity index (χ1n) is 4.50. The molecule has 3 heteroatoms. The van der Waals surface area contributed by atoms with E-state index in [1.807, 2.05) is 6.92 Å². The zero-order chi connectivity index (χ0) is 10.9. The quantitative estimate of drug-likeness (QED) is 0.687. The SMILES string of the molecule is CCC=C(C)C(=O)O.CCN(C)C. The van der Waals surface area contributed by atoms with Crippen molar-refractivity contribution in [2.24, 2.45) is 0 Å². The molecule has 78 valence electrons. The second-order valence-corrected chi connectivity index (χ2v) is 3.00. The Balaban J connectivity index is 0. The molecule has 0 spiro atoms. The Morgan fingerprint density at radius 2 is 1.77 bits per heavy atom. The third-order valence-corrected chi connectivity index (χ3v) is 1.48. The fourth-order valence-electron chi connectivity index (χ4n) is 0.393. The van der Waals surface area contributed by atoms with E-state index in [0.29, 0.717) is 5.57 Å². The average Bonchev–Trinajstić information content (AvgIpc) is 2.06. The zero-order valence-corrected chi connectivity index (χ0v) is 9.29. The Bertz CT molecular complexity index is 162. The van der Waals surface area contributed by atoms with Gasteiger partial charge in [0.25, 0.3) is 0 Å². The molecular formula is C10H21NO2. The van der Waals surface area contributed by atoms with Crippen LogP contribution >= 0.6 is 0 Å². The molecular weight excluding hydrogens is 166 g/mol. The highest BCUT2D eigenvalue weighted by Gasteiger charge is 1.94. The summed E-state index contributed by atoms with van der Waals surface area (Å²) in [7, 11) is 4.11. The van der Waals surface area contributed by atoms with Gasteiger partial charge in [-0.25, -0.2) is 4.79 Å². The molecule has 0 aromatic rings. The van der Waals surface area contributed by atoms with Crippen LogP contribution in [0.4, 0.5) is 0 Å². The van der Waals surface area contributed by atoms with Crippen molar-refractivity contribution in [3.05, 3.63) is 11.6 Å². The predicted octanol–water partition coefficient (Wildman–Crippen LogP) is 2.00. The lowest BCUT2D eigenvalue weighted by Crippen LogP contribution is -2.08. The molecule has 0 bridgehead atoms. The van der Waals surface area contributed by atoms with Crippen LogP contribution in [0, 0.1) is 0 Å². The van der Waals surface area contributed by atoms with Gasteiger partial charge in [-0.15, -0.1) is 0 Å². The van der Waals surface area contributed by atoms with E-state index in [1.54, 1.807) is 13.0 Å². The van der Waals surface area contributed by atoms with E-state index in [2.05, 4.69) is 25.9 Å². The van der Waals surface area contributed by atoms with Gasteiger partial charge < -0.3 is 10.0 Å². The highest BCUT2D eigenvalue weighted by molar-refractivity contribution is 5.85. The average molecular weight is 187 g/mol. The van der Waals surface area contributed by atoms with Crippen LogP contribution in [0.2, 0.25) is 0 Å². The van der Waals surface area contributed by atoms with Crippen molar-refractivity contribution in [2.45, 2.75) is 27.2 Å². The lowest BCUT2D eigenvalue weighted by Gasteiger charge is -2.00. The van der Waals surface area contributed by atoms with Crippen LogP contribution < -0.4 is 0 Å².